The fraction of sp³-hybridized carbons (Fsp3) is 0.632. The summed E-state index contributed by atoms with van der Waals surface area (Å²) in [7, 11) is 0. The summed E-state index contributed by atoms with van der Waals surface area (Å²) in [5.41, 5.74) is 5.48. The van der Waals surface area contributed by atoms with Crippen LogP contribution in [-0.2, 0) is 11.3 Å². The van der Waals surface area contributed by atoms with Crippen LogP contribution in [0.3, 0.4) is 0 Å². The minimum Gasteiger partial charge on any atom is -0.342 e. The van der Waals surface area contributed by atoms with E-state index in [0.717, 1.165) is 26.1 Å². The van der Waals surface area contributed by atoms with Gasteiger partial charge in [0.2, 0.25) is 5.91 Å². The molecule has 0 saturated carbocycles. The topological polar surface area (TPSA) is 32.3 Å². The maximum Gasteiger partial charge on any atom is 0.222 e. The van der Waals surface area contributed by atoms with E-state index in [4.69, 9.17) is 0 Å². The van der Waals surface area contributed by atoms with Crippen molar-refractivity contribution in [3.63, 3.8) is 0 Å². The lowest BCUT2D eigenvalue weighted by molar-refractivity contribution is -0.132. The van der Waals surface area contributed by atoms with Gasteiger partial charge in [-0.3, -0.25) is 4.79 Å². The standard InChI is InChI=1S/C19H30N2O/c1-6-19(22)21-8-7-18(16(5)12-21)20-11-17-10-14(3)13(2)9-15(17)4/h9-10,16,18,20H,6-8,11-12H2,1-5H3/t16-,18-/m1/s1. The molecule has 0 spiro atoms. The molecule has 1 amide bonds. The Morgan fingerprint density at radius 3 is 2.55 bits per heavy atom. The Kier molecular flexibility index (Phi) is 5.63. The van der Waals surface area contributed by atoms with Crippen LogP contribution in [0.5, 0.6) is 0 Å². The van der Waals surface area contributed by atoms with Crippen molar-refractivity contribution in [2.24, 2.45) is 5.92 Å². The van der Waals surface area contributed by atoms with Crippen LogP contribution in [0.15, 0.2) is 12.1 Å². The average Bonchev–Trinajstić information content (AvgIpc) is 2.49. The Balaban J connectivity index is 1.93. The van der Waals surface area contributed by atoms with Crippen LogP contribution < -0.4 is 5.32 Å². The monoisotopic (exact) mass is 302 g/mol. The highest BCUT2D eigenvalue weighted by Gasteiger charge is 2.27. The van der Waals surface area contributed by atoms with E-state index in [2.05, 4.69) is 45.1 Å². The zero-order valence-electron chi connectivity index (χ0n) is 14.7. The van der Waals surface area contributed by atoms with Crippen molar-refractivity contribution >= 4 is 5.91 Å². The number of hydrogen-bond donors (Lipinski definition) is 1. The van der Waals surface area contributed by atoms with Crippen LogP contribution in [0.1, 0.15) is 48.9 Å². The minimum absolute atomic E-state index is 0.287. The third kappa shape index (κ3) is 3.89. The lowest BCUT2D eigenvalue weighted by Gasteiger charge is -2.37. The summed E-state index contributed by atoms with van der Waals surface area (Å²) < 4.78 is 0. The second-order valence-electron chi connectivity index (χ2n) is 6.81. The Bertz CT molecular complexity index is 538. The van der Waals surface area contributed by atoms with Gasteiger partial charge in [0.15, 0.2) is 0 Å². The summed E-state index contributed by atoms with van der Waals surface area (Å²) in [5.74, 6) is 0.798. The molecule has 0 aliphatic carbocycles. The second-order valence-corrected chi connectivity index (χ2v) is 6.81. The van der Waals surface area contributed by atoms with E-state index in [9.17, 15) is 4.79 Å². The Morgan fingerprint density at radius 2 is 1.91 bits per heavy atom. The summed E-state index contributed by atoms with van der Waals surface area (Å²) in [6, 6.07) is 5.08. The molecule has 1 heterocycles. The van der Waals surface area contributed by atoms with Crippen LogP contribution in [-0.4, -0.2) is 29.9 Å². The van der Waals surface area contributed by atoms with E-state index in [-0.39, 0.29) is 5.91 Å². The molecule has 0 aromatic heterocycles. The van der Waals surface area contributed by atoms with Gasteiger partial charge in [-0.2, -0.15) is 0 Å². The summed E-state index contributed by atoms with van der Waals surface area (Å²) in [6.07, 6.45) is 1.67. The quantitative estimate of drug-likeness (QED) is 0.925. The van der Waals surface area contributed by atoms with Crippen LogP contribution >= 0.6 is 0 Å². The molecule has 2 rings (SSSR count). The van der Waals surface area contributed by atoms with Crippen molar-refractivity contribution in [1.82, 2.24) is 10.2 Å². The van der Waals surface area contributed by atoms with Crippen molar-refractivity contribution in [2.75, 3.05) is 13.1 Å². The Morgan fingerprint density at radius 1 is 1.23 bits per heavy atom. The minimum atomic E-state index is 0.287. The fourth-order valence-corrected chi connectivity index (χ4v) is 3.35. The highest BCUT2D eigenvalue weighted by Crippen LogP contribution is 2.20. The number of benzene rings is 1. The first-order valence-corrected chi connectivity index (χ1v) is 8.50. The number of likely N-dealkylation sites (tertiary alicyclic amines) is 1. The van der Waals surface area contributed by atoms with E-state index in [0.29, 0.717) is 18.4 Å². The molecule has 1 saturated heterocycles. The van der Waals surface area contributed by atoms with Crippen molar-refractivity contribution < 1.29 is 4.79 Å². The molecule has 122 valence electrons. The molecule has 0 bridgehead atoms. The van der Waals surface area contributed by atoms with E-state index in [1.54, 1.807) is 0 Å². The highest BCUT2D eigenvalue weighted by molar-refractivity contribution is 5.75. The molecule has 3 heteroatoms. The third-order valence-electron chi connectivity index (χ3n) is 5.07. The second kappa shape index (κ2) is 7.28. The first kappa shape index (κ1) is 17.0. The molecule has 22 heavy (non-hydrogen) atoms. The van der Waals surface area contributed by atoms with Crippen molar-refractivity contribution in [1.29, 1.82) is 0 Å². The van der Waals surface area contributed by atoms with Crippen LogP contribution in [0, 0.1) is 26.7 Å². The zero-order valence-corrected chi connectivity index (χ0v) is 14.7. The number of carbonyl (C=O) groups excluding carboxylic acids is 1. The summed E-state index contributed by atoms with van der Waals surface area (Å²) in [4.78, 5) is 13.8. The van der Waals surface area contributed by atoms with E-state index in [1.807, 2.05) is 11.8 Å². The summed E-state index contributed by atoms with van der Waals surface area (Å²) in [5, 5.41) is 3.71. The third-order valence-corrected chi connectivity index (χ3v) is 5.07. The van der Waals surface area contributed by atoms with Gasteiger partial charge < -0.3 is 10.2 Å². The maximum atomic E-state index is 11.8. The largest absolute Gasteiger partial charge is 0.342 e. The number of nitrogens with one attached hydrogen (secondary N) is 1. The van der Waals surface area contributed by atoms with Crippen molar-refractivity contribution in [2.45, 2.75) is 60.0 Å². The number of carbonyl (C=O) groups is 1. The SMILES string of the molecule is CCC(=O)N1CC[C@@H](NCc2cc(C)c(C)cc2C)[C@H](C)C1. The molecule has 0 unspecified atom stereocenters. The fourth-order valence-electron chi connectivity index (χ4n) is 3.35. The van der Waals surface area contributed by atoms with Gasteiger partial charge in [0.1, 0.15) is 0 Å². The first-order chi connectivity index (χ1) is 10.4. The van der Waals surface area contributed by atoms with Gasteiger partial charge in [-0.05, 0) is 55.4 Å². The van der Waals surface area contributed by atoms with Crippen LogP contribution in [0.2, 0.25) is 0 Å². The zero-order chi connectivity index (χ0) is 16.3. The molecule has 0 radical (unpaired) electrons. The van der Waals surface area contributed by atoms with Gasteiger partial charge in [-0.15, -0.1) is 0 Å². The molecule has 1 aliphatic rings. The maximum absolute atomic E-state index is 11.8. The number of nitrogens with zero attached hydrogens (tertiary/aromatic N) is 1. The molecule has 3 nitrogen and oxygen atoms in total. The normalized spacial score (nSPS) is 22.0. The summed E-state index contributed by atoms with van der Waals surface area (Å²) in [6.45, 7) is 13.4. The smallest absolute Gasteiger partial charge is 0.222 e. The molecular formula is C19H30N2O. The lowest BCUT2D eigenvalue weighted by Crippen LogP contribution is -2.49. The van der Waals surface area contributed by atoms with Gasteiger partial charge in [0.05, 0.1) is 0 Å². The van der Waals surface area contributed by atoms with Crippen LogP contribution in [0.4, 0.5) is 0 Å². The van der Waals surface area contributed by atoms with Crippen molar-refractivity contribution in [3.8, 4) is 0 Å². The highest BCUT2D eigenvalue weighted by atomic mass is 16.2. The number of hydrogen-bond acceptors (Lipinski definition) is 2. The molecule has 1 aromatic rings. The van der Waals surface area contributed by atoms with Gasteiger partial charge in [0.25, 0.3) is 0 Å². The molecule has 1 fully saturated rings. The van der Waals surface area contributed by atoms with Gasteiger partial charge in [-0.1, -0.05) is 26.0 Å². The predicted molar refractivity (Wildman–Crippen MR) is 91.9 cm³/mol. The summed E-state index contributed by atoms with van der Waals surface area (Å²) >= 11 is 0. The van der Waals surface area contributed by atoms with E-state index < -0.39 is 0 Å². The number of amides is 1. The Hall–Kier alpha value is -1.35. The number of aryl methyl sites for hydroxylation is 3. The van der Waals surface area contributed by atoms with E-state index in [1.165, 1.54) is 22.3 Å². The number of piperidine rings is 1. The van der Waals surface area contributed by atoms with Crippen molar-refractivity contribution in [3.05, 3.63) is 34.4 Å². The average molecular weight is 302 g/mol. The van der Waals surface area contributed by atoms with Gasteiger partial charge in [-0.25, -0.2) is 0 Å². The molecular weight excluding hydrogens is 272 g/mol. The molecule has 1 N–H and O–H groups in total. The molecule has 2 atom stereocenters. The van der Waals surface area contributed by atoms with E-state index >= 15 is 0 Å². The lowest BCUT2D eigenvalue weighted by atomic mass is 9.93. The van der Waals surface area contributed by atoms with Gasteiger partial charge in [0, 0.05) is 32.1 Å². The first-order valence-electron chi connectivity index (χ1n) is 8.50. The Labute approximate surface area is 135 Å². The van der Waals surface area contributed by atoms with Crippen LogP contribution in [0.25, 0.3) is 0 Å². The van der Waals surface area contributed by atoms with Gasteiger partial charge >= 0.3 is 0 Å². The predicted octanol–water partition coefficient (Wildman–Crippen LogP) is 3.35. The molecule has 1 aliphatic heterocycles. The molecule has 1 aromatic carbocycles. The number of rotatable bonds is 4.